The van der Waals surface area contributed by atoms with Gasteiger partial charge < -0.3 is 21.9 Å². The standard InChI is InChI=1S/C28H38N4O4S/c1-20(2)18-32(37(35,36)25-14-12-23(29)13-15-25)24(19-33)10-6-16-31-28(34)27(30)17-22-9-5-8-21-7-3-4-11-26(21)22/h3-5,7-9,11-15,20,24,27,33H,6,10,16-19,29-30H2,1-2H3,(H,31,34)/t24?,27-/m0/s1. The van der Waals surface area contributed by atoms with Gasteiger partial charge in [-0.25, -0.2) is 8.42 Å². The number of aliphatic hydroxyl groups excluding tert-OH is 1. The zero-order valence-electron chi connectivity index (χ0n) is 21.5. The molecular weight excluding hydrogens is 488 g/mol. The van der Waals surface area contributed by atoms with Gasteiger partial charge in [-0.2, -0.15) is 4.31 Å². The van der Waals surface area contributed by atoms with Crippen molar-refractivity contribution in [3.8, 4) is 0 Å². The highest BCUT2D eigenvalue weighted by molar-refractivity contribution is 7.89. The second-order valence-corrected chi connectivity index (χ2v) is 11.6. The summed E-state index contributed by atoms with van der Waals surface area (Å²) in [6.07, 6.45) is 1.29. The minimum atomic E-state index is -3.83. The summed E-state index contributed by atoms with van der Waals surface area (Å²) < 4.78 is 28.1. The molecule has 0 spiro atoms. The number of nitrogens with one attached hydrogen (secondary N) is 1. The molecule has 3 aromatic rings. The molecule has 6 N–H and O–H groups in total. The molecule has 0 aliphatic rings. The molecule has 0 bridgehead atoms. The van der Waals surface area contributed by atoms with Crippen molar-refractivity contribution in [2.24, 2.45) is 11.7 Å². The number of nitrogen functional groups attached to an aromatic ring is 1. The summed E-state index contributed by atoms with van der Waals surface area (Å²) in [6, 6.07) is 18.7. The maximum atomic E-state index is 13.4. The summed E-state index contributed by atoms with van der Waals surface area (Å²) >= 11 is 0. The third kappa shape index (κ3) is 7.52. The molecule has 3 aromatic carbocycles. The second-order valence-electron chi connectivity index (χ2n) is 9.76. The van der Waals surface area contributed by atoms with Crippen LogP contribution < -0.4 is 16.8 Å². The summed E-state index contributed by atoms with van der Waals surface area (Å²) in [4.78, 5) is 12.8. The third-order valence-corrected chi connectivity index (χ3v) is 8.25. The molecule has 0 aliphatic heterocycles. The van der Waals surface area contributed by atoms with Gasteiger partial charge in [-0.1, -0.05) is 56.3 Å². The number of fused-ring (bicyclic) bond motifs is 1. The topological polar surface area (TPSA) is 139 Å². The zero-order valence-corrected chi connectivity index (χ0v) is 22.3. The number of nitrogens with zero attached hydrogens (tertiary/aromatic N) is 1. The Kier molecular flexibility index (Phi) is 10.0. The molecule has 0 radical (unpaired) electrons. The number of hydrogen-bond acceptors (Lipinski definition) is 6. The van der Waals surface area contributed by atoms with Crippen molar-refractivity contribution >= 4 is 32.4 Å². The molecule has 3 rings (SSSR count). The Labute approximate surface area is 219 Å². The van der Waals surface area contributed by atoms with Crippen LogP contribution in [-0.2, 0) is 21.2 Å². The maximum absolute atomic E-state index is 13.4. The molecule has 0 saturated heterocycles. The molecule has 200 valence electrons. The highest BCUT2D eigenvalue weighted by Gasteiger charge is 2.31. The molecule has 1 amide bonds. The number of anilines is 1. The van der Waals surface area contributed by atoms with E-state index in [1.807, 2.05) is 56.3 Å². The fraction of sp³-hybridized carbons (Fsp3) is 0.393. The van der Waals surface area contributed by atoms with Gasteiger partial charge in [-0.05, 0) is 65.8 Å². The van der Waals surface area contributed by atoms with Crippen LogP contribution in [0.15, 0.2) is 71.6 Å². The van der Waals surface area contributed by atoms with E-state index in [0.29, 0.717) is 31.5 Å². The van der Waals surface area contributed by atoms with E-state index >= 15 is 0 Å². The Morgan fingerprint density at radius 1 is 1.03 bits per heavy atom. The first kappa shape index (κ1) is 28.6. The van der Waals surface area contributed by atoms with E-state index in [0.717, 1.165) is 16.3 Å². The fourth-order valence-electron chi connectivity index (χ4n) is 4.39. The Morgan fingerprint density at radius 3 is 2.38 bits per heavy atom. The first-order valence-corrected chi connectivity index (χ1v) is 14.1. The van der Waals surface area contributed by atoms with E-state index in [9.17, 15) is 18.3 Å². The van der Waals surface area contributed by atoms with Crippen molar-refractivity contribution in [1.82, 2.24) is 9.62 Å². The Hall–Kier alpha value is -2.98. The van der Waals surface area contributed by atoms with E-state index in [1.54, 1.807) is 12.1 Å². The quantitative estimate of drug-likeness (QED) is 0.200. The molecule has 37 heavy (non-hydrogen) atoms. The Balaban J connectivity index is 1.59. The second kappa shape index (κ2) is 13.0. The maximum Gasteiger partial charge on any atom is 0.243 e. The van der Waals surface area contributed by atoms with E-state index < -0.39 is 22.1 Å². The van der Waals surface area contributed by atoms with Gasteiger partial charge in [0.15, 0.2) is 0 Å². The van der Waals surface area contributed by atoms with Crippen LogP contribution in [0.5, 0.6) is 0 Å². The number of aliphatic hydroxyl groups is 1. The number of hydrogen-bond donors (Lipinski definition) is 4. The van der Waals surface area contributed by atoms with Gasteiger partial charge in [0.1, 0.15) is 0 Å². The number of nitrogens with two attached hydrogens (primary N) is 2. The number of sulfonamides is 1. The van der Waals surface area contributed by atoms with Gasteiger partial charge in [0.2, 0.25) is 15.9 Å². The average molecular weight is 527 g/mol. The van der Waals surface area contributed by atoms with Gasteiger partial charge in [-0.15, -0.1) is 0 Å². The first-order chi connectivity index (χ1) is 17.6. The summed E-state index contributed by atoms with van der Waals surface area (Å²) in [5.41, 5.74) is 13.4. The largest absolute Gasteiger partial charge is 0.399 e. The number of carbonyl (C=O) groups excluding carboxylic acids is 1. The lowest BCUT2D eigenvalue weighted by Crippen LogP contribution is -2.45. The lowest BCUT2D eigenvalue weighted by molar-refractivity contribution is -0.122. The van der Waals surface area contributed by atoms with Crippen LogP contribution in [0.1, 0.15) is 32.3 Å². The van der Waals surface area contributed by atoms with Crippen molar-refractivity contribution in [3.63, 3.8) is 0 Å². The van der Waals surface area contributed by atoms with E-state index in [2.05, 4.69) is 5.32 Å². The van der Waals surface area contributed by atoms with Gasteiger partial charge in [0.25, 0.3) is 0 Å². The van der Waals surface area contributed by atoms with Gasteiger partial charge in [0.05, 0.1) is 17.5 Å². The Morgan fingerprint density at radius 2 is 1.70 bits per heavy atom. The first-order valence-electron chi connectivity index (χ1n) is 12.6. The van der Waals surface area contributed by atoms with Crippen LogP contribution in [0, 0.1) is 5.92 Å². The third-order valence-electron chi connectivity index (χ3n) is 6.32. The monoisotopic (exact) mass is 526 g/mol. The molecule has 9 heteroatoms. The van der Waals surface area contributed by atoms with Crippen molar-refractivity contribution in [2.45, 2.75) is 50.1 Å². The summed E-state index contributed by atoms with van der Waals surface area (Å²) in [5, 5.41) is 15.1. The van der Waals surface area contributed by atoms with E-state index in [1.165, 1.54) is 16.4 Å². The highest BCUT2D eigenvalue weighted by atomic mass is 32.2. The SMILES string of the molecule is CC(C)CN(C(CO)CCCNC(=O)[C@@H](N)Cc1cccc2ccccc12)S(=O)(=O)c1ccc(N)cc1. The highest BCUT2D eigenvalue weighted by Crippen LogP contribution is 2.23. The van der Waals surface area contributed by atoms with Crippen LogP contribution in [0.3, 0.4) is 0 Å². The molecule has 2 atom stereocenters. The molecule has 0 fully saturated rings. The van der Waals surface area contributed by atoms with Crippen molar-refractivity contribution in [1.29, 1.82) is 0 Å². The van der Waals surface area contributed by atoms with Gasteiger partial charge in [0, 0.05) is 24.8 Å². The smallest absolute Gasteiger partial charge is 0.243 e. The molecule has 0 heterocycles. The van der Waals surface area contributed by atoms with Crippen LogP contribution in [-0.4, -0.2) is 55.5 Å². The molecule has 0 aliphatic carbocycles. The predicted octanol–water partition coefficient (Wildman–Crippen LogP) is 2.90. The van der Waals surface area contributed by atoms with E-state index in [4.69, 9.17) is 11.5 Å². The fourth-order valence-corrected chi connectivity index (χ4v) is 6.20. The van der Waals surface area contributed by atoms with Gasteiger partial charge in [-0.3, -0.25) is 4.79 Å². The normalized spacial score (nSPS) is 13.7. The lowest BCUT2D eigenvalue weighted by atomic mass is 9.99. The van der Waals surface area contributed by atoms with Crippen molar-refractivity contribution < 1.29 is 18.3 Å². The minimum absolute atomic E-state index is 0.0596. The van der Waals surface area contributed by atoms with E-state index in [-0.39, 0.29) is 29.9 Å². The molecule has 0 aromatic heterocycles. The van der Waals surface area contributed by atoms with Crippen LogP contribution in [0.25, 0.3) is 10.8 Å². The minimum Gasteiger partial charge on any atom is -0.399 e. The van der Waals surface area contributed by atoms with Crippen LogP contribution in [0.2, 0.25) is 0 Å². The van der Waals surface area contributed by atoms with Gasteiger partial charge >= 0.3 is 0 Å². The average Bonchev–Trinajstić information content (AvgIpc) is 2.88. The summed E-state index contributed by atoms with van der Waals surface area (Å²) in [6.45, 7) is 4.13. The summed E-state index contributed by atoms with van der Waals surface area (Å²) in [5.74, 6) is -0.202. The Bertz CT molecular complexity index is 1270. The van der Waals surface area contributed by atoms with Crippen LogP contribution in [0.4, 0.5) is 5.69 Å². The van der Waals surface area contributed by atoms with Crippen molar-refractivity contribution in [3.05, 3.63) is 72.3 Å². The van der Waals surface area contributed by atoms with Crippen LogP contribution >= 0.6 is 0 Å². The predicted molar refractivity (Wildman–Crippen MR) is 148 cm³/mol. The number of amides is 1. The zero-order chi connectivity index (χ0) is 27.0. The molecular formula is C28H38N4O4S. The number of rotatable bonds is 13. The lowest BCUT2D eigenvalue weighted by Gasteiger charge is -2.31. The number of carbonyl (C=O) groups is 1. The molecule has 8 nitrogen and oxygen atoms in total. The molecule has 0 saturated carbocycles. The van der Waals surface area contributed by atoms with Crippen molar-refractivity contribution in [2.75, 3.05) is 25.4 Å². The number of benzene rings is 3. The molecule has 1 unspecified atom stereocenters. The summed E-state index contributed by atoms with van der Waals surface area (Å²) in [7, 11) is -3.83.